The Bertz CT molecular complexity index is 1140. The van der Waals surface area contributed by atoms with E-state index in [1.165, 1.54) is 6.92 Å². The summed E-state index contributed by atoms with van der Waals surface area (Å²) in [6.45, 7) is 5.41. The molecule has 0 saturated heterocycles. The van der Waals surface area contributed by atoms with Gasteiger partial charge in [-0.25, -0.2) is 4.79 Å². The first-order valence-electron chi connectivity index (χ1n) is 13.0. The van der Waals surface area contributed by atoms with Crippen LogP contribution < -0.4 is 14.2 Å². The summed E-state index contributed by atoms with van der Waals surface area (Å²) in [5.41, 5.74) is 2.20. The zero-order valence-corrected chi connectivity index (χ0v) is 21.8. The molecule has 2 aromatic carbocycles. The van der Waals surface area contributed by atoms with Crippen molar-refractivity contribution >= 4 is 17.5 Å². The number of hydrogen-bond donors (Lipinski definition) is 2. The molecule has 1 aliphatic rings. The fourth-order valence-electron chi connectivity index (χ4n) is 4.60. The third kappa shape index (κ3) is 7.02. The summed E-state index contributed by atoms with van der Waals surface area (Å²) in [5, 5.41) is 19.5. The number of fused-ring (bicyclic) bond motifs is 1. The van der Waals surface area contributed by atoms with E-state index in [1.807, 2.05) is 13.8 Å². The second-order valence-electron chi connectivity index (χ2n) is 9.31. The van der Waals surface area contributed by atoms with E-state index in [4.69, 9.17) is 19.3 Å². The van der Waals surface area contributed by atoms with Crippen molar-refractivity contribution in [2.75, 3.05) is 13.2 Å². The number of benzene rings is 2. The van der Waals surface area contributed by atoms with Crippen LogP contribution in [0.5, 0.6) is 23.0 Å². The fourth-order valence-corrected chi connectivity index (χ4v) is 4.60. The van der Waals surface area contributed by atoms with Crippen molar-refractivity contribution in [2.45, 2.75) is 78.2 Å². The molecule has 200 valence electrons. The first kappa shape index (κ1) is 28.0. The number of carbonyl (C=O) groups excluding carboxylic acids is 2. The van der Waals surface area contributed by atoms with Gasteiger partial charge >= 0.3 is 5.97 Å². The highest BCUT2D eigenvalue weighted by Crippen LogP contribution is 2.39. The maximum Gasteiger partial charge on any atom is 0.341 e. The molecule has 0 aliphatic carbocycles. The second-order valence-corrected chi connectivity index (χ2v) is 9.31. The largest absolute Gasteiger partial charge is 0.507 e. The topological polar surface area (TPSA) is 119 Å². The molecule has 1 aliphatic heterocycles. The number of ketones is 2. The Labute approximate surface area is 217 Å². The van der Waals surface area contributed by atoms with Crippen LogP contribution in [0.3, 0.4) is 0 Å². The van der Waals surface area contributed by atoms with Gasteiger partial charge < -0.3 is 24.4 Å². The molecule has 3 rings (SSSR count). The molecule has 1 unspecified atom stereocenters. The smallest absolute Gasteiger partial charge is 0.341 e. The first-order valence-corrected chi connectivity index (χ1v) is 13.0. The Morgan fingerprint density at radius 1 is 1.00 bits per heavy atom. The number of phenolic OH excluding ortho intramolecular Hbond substituents is 1. The lowest BCUT2D eigenvalue weighted by molar-refractivity contribution is -0.139. The normalized spacial score (nSPS) is 14.6. The van der Waals surface area contributed by atoms with Crippen molar-refractivity contribution in [3.8, 4) is 23.0 Å². The lowest BCUT2D eigenvalue weighted by Crippen LogP contribution is -2.28. The van der Waals surface area contributed by atoms with E-state index in [9.17, 15) is 19.5 Å². The molecular weight excluding hydrogens is 476 g/mol. The van der Waals surface area contributed by atoms with Crippen LogP contribution in [-0.4, -0.2) is 47.1 Å². The predicted octanol–water partition coefficient (Wildman–Crippen LogP) is 5.55. The van der Waals surface area contributed by atoms with Gasteiger partial charge in [0.2, 0.25) is 0 Å². The summed E-state index contributed by atoms with van der Waals surface area (Å²) in [6.07, 6.45) is 4.99. The zero-order chi connectivity index (χ0) is 26.9. The van der Waals surface area contributed by atoms with Gasteiger partial charge in [-0.15, -0.1) is 0 Å². The highest BCUT2D eigenvalue weighted by Gasteiger charge is 2.30. The summed E-state index contributed by atoms with van der Waals surface area (Å²) in [5.74, 6) is 0.278. The number of phenols is 1. The number of carbonyl (C=O) groups is 3. The Morgan fingerprint density at radius 3 is 2.35 bits per heavy atom. The molecule has 2 N–H and O–H groups in total. The third-order valence-electron chi connectivity index (χ3n) is 6.36. The molecule has 0 fully saturated rings. The van der Waals surface area contributed by atoms with Gasteiger partial charge in [-0.2, -0.15) is 0 Å². The summed E-state index contributed by atoms with van der Waals surface area (Å²) >= 11 is 0. The summed E-state index contributed by atoms with van der Waals surface area (Å²) < 4.78 is 17.6. The molecule has 0 radical (unpaired) electrons. The first-order chi connectivity index (χ1) is 17.8. The van der Waals surface area contributed by atoms with E-state index >= 15 is 0 Å². The molecule has 0 amide bonds. The zero-order valence-electron chi connectivity index (χ0n) is 21.8. The molecule has 2 aromatic rings. The van der Waals surface area contributed by atoms with Gasteiger partial charge in [0, 0.05) is 17.5 Å². The molecule has 8 heteroatoms. The van der Waals surface area contributed by atoms with E-state index in [-0.39, 0.29) is 29.8 Å². The van der Waals surface area contributed by atoms with Crippen LogP contribution in [0.4, 0.5) is 0 Å². The average molecular weight is 513 g/mol. The average Bonchev–Trinajstić information content (AvgIpc) is 2.85. The van der Waals surface area contributed by atoms with Crippen LogP contribution in [0.25, 0.3) is 0 Å². The van der Waals surface area contributed by atoms with Gasteiger partial charge in [-0.05, 0) is 63.3 Å². The molecule has 1 heterocycles. The minimum absolute atomic E-state index is 0.00535. The van der Waals surface area contributed by atoms with Crippen LogP contribution in [0, 0.1) is 0 Å². The summed E-state index contributed by atoms with van der Waals surface area (Å²) in [6, 6.07) is 6.63. The van der Waals surface area contributed by atoms with Crippen LogP contribution in [-0.2, 0) is 17.6 Å². The van der Waals surface area contributed by atoms with E-state index in [2.05, 4.69) is 0 Å². The van der Waals surface area contributed by atoms with E-state index in [0.717, 1.165) is 31.2 Å². The number of carboxylic acid groups (broad SMARTS) is 1. The lowest BCUT2D eigenvalue weighted by Gasteiger charge is -2.28. The molecular formula is C29H36O8. The standard InChI is InChI=1S/C29H36O8/c1-4-8-22-25(13-11-20(18(3)30)28(22)34)35-15-7-6-10-19-16-24(31)21-12-14-26(36-17-27(32)33)23(9-5-2)29(21)37-19/h11-14,19,34H,4-10,15-17H2,1-3H3,(H,32,33). The van der Waals surface area contributed by atoms with Crippen LogP contribution in [0.1, 0.15) is 91.1 Å². The van der Waals surface area contributed by atoms with Crippen LogP contribution >= 0.6 is 0 Å². The summed E-state index contributed by atoms with van der Waals surface area (Å²) in [7, 11) is 0. The number of unbranched alkanes of at least 4 members (excludes halogenated alkanes) is 1. The molecule has 37 heavy (non-hydrogen) atoms. The highest BCUT2D eigenvalue weighted by atomic mass is 16.5. The molecule has 0 spiro atoms. The van der Waals surface area contributed by atoms with Crippen LogP contribution in [0.2, 0.25) is 0 Å². The van der Waals surface area contributed by atoms with Gasteiger partial charge in [0.05, 0.1) is 17.7 Å². The number of aliphatic carboxylic acids is 1. The third-order valence-corrected chi connectivity index (χ3v) is 6.36. The fraction of sp³-hybridized carbons (Fsp3) is 0.483. The molecule has 0 saturated carbocycles. The van der Waals surface area contributed by atoms with Crippen molar-refractivity contribution in [1.82, 2.24) is 0 Å². The lowest BCUT2D eigenvalue weighted by atomic mass is 9.94. The predicted molar refractivity (Wildman–Crippen MR) is 138 cm³/mol. The van der Waals surface area contributed by atoms with Crippen LogP contribution in [0.15, 0.2) is 24.3 Å². The quantitative estimate of drug-likeness (QED) is 0.250. The molecule has 8 nitrogen and oxygen atoms in total. The second kappa shape index (κ2) is 13.1. The molecule has 0 aromatic heterocycles. The van der Waals surface area contributed by atoms with Crippen molar-refractivity contribution < 1.29 is 38.8 Å². The minimum atomic E-state index is -1.07. The number of ether oxygens (including phenoxy) is 3. The Kier molecular flexibility index (Phi) is 9.94. The Hall–Kier alpha value is -3.55. The van der Waals surface area contributed by atoms with Gasteiger partial charge in [0.25, 0.3) is 0 Å². The Morgan fingerprint density at radius 2 is 1.68 bits per heavy atom. The van der Waals surface area contributed by atoms with E-state index in [1.54, 1.807) is 24.3 Å². The van der Waals surface area contributed by atoms with Gasteiger partial charge in [-0.1, -0.05) is 26.7 Å². The van der Waals surface area contributed by atoms with Gasteiger partial charge in [0.1, 0.15) is 29.1 Å². The Balaban J connectivity index is 1.61. The van der Waals surface area contributed by atoms with Crippen molar-refractivity contribution in [3.63, 3.8) is 0 Å². The monoisotopic (exact) mass is 512 g/mol. The van der Waals surface area contributed by atoms with Crippen molar-refractivity contribution in [1.29, 1.82) is 0 Å². The molecule has 1 atom stereocenters. The number of Topliss-reactive ketones (excluding diaryl/α,β-unsaturated/α-hetero) is 2. The van der Waals surface area contributed by atoms with Crippen molar-refractivity contribution in [2.24, 2.45) is 0 Å². The maximum absolute atomic E-state index is 12.8. The summed E-state index contributed by atoms with van der Waals surface area (Å²) in [4.78, 5) is 35.5. The van der Waals surface area contributed by atoms with E-state index < -0.39 is 12.6 Å². The number of aromatic hydroxyl groups is 1. The molecule has 0 bridgehead atoms. The SMILES string of the molecule is CCCc1c(OCCCCC2CC(=O)c3ccc(OCC(=O)O)c(CCC)c3O2)ccc(C(C)=O)c1O. The number of hydrogen-bond acceptors (Lipinski definition) is 7. The van der Waals surface area contributed by atoms with Crippen molar-refractivity contribution in [3.05, 3.63) is 46.5 Å². The number of rotatable bonds is 14. The maximum atomic E-state index is 12.8. The number of carboxylic acids is 1. The van der Waals surface area contributed by atoms with E-state index in [0.29, 0.717) is 59.8 Å². The van der Waals surface area contributed by atoms with Gasteiger partial charge in [-0.3, -0.25) is 9.59 Å². The highest BCUT2D eigenvalue weighted by molar-refractivity contribution is 6.00. The minimum Gasteiger partial charge on any atom is -0.507 e. The van der Waals surface area contributed by atoms with Gasteiger partial charge in [0.15, 0.2) is 18.2 Å².